The molecule has 0 spiro atoms. The number of rotatable bonds is 4. The van der Waals surface area contributed by atoms with E-state index >= 15 is 0 Å². The first-order valence-corrected chi connectivity index (χ1v) is 5.94. The van der Waals surface area contributed by atoms with Gasteiger partial charge in [0.25, 0.3) is 0 Å². The molecule has 0 unspecified atom stereocenters. The van der Waals surface area contributed by atoms with Crippen LogP contribution in [0.5, 0.6) is 11.6 Å². The summed E-state index contributed by atoms with van der Waals surface area (Å²) in [6.45, 7) is 3.72. The Kier molecular flexibility index (Phi) is 3.75. The number of aromatic nitrogens is 2. The highest BCUT2D eigenvalue weighted by molar-refractivity contribution is 5.89. The number of hydrogen-bond donors (Lipinski definition) is 1. The van der Waals surface area contributed by atoms with E-state index < -0.39 is 5.97 Å². The summed E-state index contributed by atoms with van der Waals surface area (Å²) >= 11 is 0. The topological polar surface area (TPSA) is 72.3 Å². The summed E-state index contributed by atoms with van der Waals surface area (Å²) in [4.78, 5) is 19.0. The lowest BCUT2D eigenvalue weighted by molar-refractivity contribution is 0.0693. The van der Waals surface area contributed by atoms with Crippen LogP contribution in [0.2, 0.25) is 0 Å². The van der Waals surface area contributed by atoms with Gasteiger partial charge in [-0.3, -0.25) is 0 Å². The van der Waals surface area contributed by atoms with Crippen LogP contribution in [-0.2, 0) is 6.42 Å². The number of carboxylic acid groups (broad SMARTS) is 1. The highest BCUT2D eigenvalue weighted by Gasteiger charge is 2.14. The van der Waals surface area contributed by atoms with Crippen LogP contribution in [0.1, 0.15) is 28.7 Å². The fourth-order valence-electron chi connectivity index (χ4n) is 1.61. The number of benzene rings is 1. The molecular formula is C14H14N2O3. The van der Waals surface area contributed by atoms with Gasteiger partial charge in [0.1, 0.15) is 17.1 Å². The normalized spacial score (nSPS) is 10.2. The average Bonchev–Trinajstić information content (AvgIpc) is 2.38. The SMILES string of the molecule is CCc1cccc(Oc2nc(C)ncc2C(=O)O)c1. The van der Waals surface area contributed by atoms with E-state index in [0.717, 1.165) is 12.0 Å². The minimum atomic E-state index is -1.11. The predicted octanol–water partition coefficient (Wildman–Crippen LogP) is 2.84. The molecule has 5 nitrogen and oxygen atoms in total. The summed E-state index contributed by atoms with van der Waals surface area (Å²) in [5.41, 5.74) is 1.06. The molecule has 2 aromatic rings. The molecule has 0 aliphatic heterocycles. The van der Waals surface area contributed by atoms with Gasteiger partial charge in [0.15, 0.2) is 0 Å². The Labute approximate surface area is 110 Å². The Balaban J connectivity index is 2.36. The van der Waals surface area contributed by atoms with Crippen LogP contribution in [0.15, 0.2) is 30.5 Å². The molecule has 0 amide bonds. The molecule has 1 aromatic carbocycles. The van der Waals surface area contributed by atoms with E-state index in [1.807, 2.05) is 25.1 Å². The minimum Gasteiger partial charge on any atom is -0.477 e. The standard InChI is InChI=1S/C14H14N2O3/c1-3-10-5-4-6-11(7-10)19-13-12(14(17)18)8-15-9(2)16-13/h4-8H,3H2,1-2H3,(H,17,18). The molecule has 19 heavy (non-hydrogen) atoms. The van der Waals surface area contributed by atoms with Crippen molar-refractivity contribution in [3.05, 3.63) is 47.4 Å². The third-order valence-corrected chi connectivity index (χ3v) is 2.63. The summed E-state index contributed by atoms with van der Waals surface area (Å²) in [7, 11) is 0. The number of aryl methyl sites for hydroxylation is 2. The van der Waals surface area contributed by atoms with Gasteiger partial charge >= 0.3 is 5.97 Å². The van der Waals surface area contributed by atoms with Gasteiger partial charge in [-0.05, 0) is 31.0 Å². The van der Waals surface area contributed by atoms with Crippen LogP contribution in [0, 0.1) is 6.92 Å². The highest BCUT2D eigenvalue weighted by Crippen LogP contribution is 2.24. The van der Waals surface area contributed by atoms with Gasteiger partial charge in [-0.15, -0.1) is 0 Å². The van der Waals surface area contributed by atoms with E-state index in [-0.39, 0.29) is 11.4 Å². The Hall–Kier alpha value is -2.43. The highest BCUT2D eigenvalue weighted by atomic mass is 16.5. The van der Waals surface area contributed by atoms with Crippen molar-refractivity contribution in [3.63, 3.8) is 0 Å². The Bertz CT molecular complexity index is 611. The molecule has 1 heterocycles. The monoisotopic (exact) mass is 258 g/mol. The second-order valence-electron chi connectivity index (χ2n) is 4.04. The molecule has 0 radical (unpaired) electrons. The first-order valence-electron chi connectivity index (χ1n) is 5.94. The van der Waals surface area contributed by atoms with Crippen molar-refractivity contribution in [2.75, 3.05) is 0 Å². The fraction of sp³-hybridized carbons (Fsp3) is 0.214. The first-order chi connectivity index (χ1) is 9.10. The maximum atomic E-state index is 11.1. The van der Waals surface area contributed by atoms with Crippen LogP contribution < -0.4 is 4.74 Å². The second-order valence-corrected chi connectivity index (χ2v) is 4.04. The third kappa shape index (κ3) is 3.07. The summed E-state index contributed by atoms with van der Waals surface area (Å²) in [6.07, 6.45) is 2.13. The van der Waals surface area contributed by atoms with Crippen LogP contribution in [0.25, 0.3) is 0 Å². The molecule has 98 valence electrons. The zero-order chi connectivity index (χ0) is 13.8. The summed E-state index contributed by atoms with van der Waals surface area (Å²) in [6, 6.07) is 7.48. The molecule has 0 atom stereocenters. The first kappa shape index (κ1) is 13.0. The van der Waals surface area contributed by atoms with Crippen molar-refractivity contribution in [3.8, 4) is 11.6 Å². The van der Waals surface area contributed by atoms with Crippen molar-refractivity contribution in [2.24, 2.45) is 0 Å². The van der Waals surface area contributed by atoms with Gasteiger partial charge in [0.05, 0.1) is 0 Å². The van der Waals surface area contributed by atoms with Crippen LogP contribution in [0.3, 0.4) is 0 Å². The number of aromatic carboxylic acids is 1. The van der Waals surface area contributed by atoms with E-state index in [9.17, 15) is 4.79 Å². The fourth-order valence-corrected chi connectivity index (χ4v) is 1.61. The maximum absolute atomic E-state index is 11.1. The van der Waals surface area contributed by atoms with Gasteiger partial charge in [0.2, 0.25) is 5.88 Å². The lowest BCUT2D eigenvalue weighted by atomic mass is 10.2. The van der Waals surface area contributed by atoms with Gasteiger partial charge in [0, 0.05) is 6.20 Å². The number of hydrogen-bond acceptors (Lipinski definition) is 4. The molecular weight excluding hydrogens is 244 g/mol. The molecule has 1 aromatic heterocycles. The van der Waals surface area contributed by atoms with Crippen molar-refractivity contribution in [1.29, 1.82) is 0 Å². The Morgan fingerprint density at radius 1 is 1.42 bits per heavy atom. The van der Waals surface area contributed by atoms with E-state index in [1.165, 1.54) is 6.20 Å². The summed E-state index contributed by atoms with van der Waals surface area (Å²) < 4.78 is 5.56. The molecule has 5 heteroatoms. The van der Waals surface area contributed by atoms with Gasteiger partial charge in [-0.1, -0.05) is 19.1 Å². The van der Waals surface area contributed by atoms with Crippen molar-refractivity contribution < 1.29 is 14.6 Å². The van der Waals surface area contributed by atoms with Gasteiger partial charge in [-0.2, -0.15) is 4.98 Å². The minimum absolute atomic E-state index is 0.0486. The zero-order valence-electron chi connectivity index (χ0n) is 10.8. The number of nitrogens with zero attached hydrogens (tertiary/aromatic N) is 2. The molecule has 0 saturated heterocycles. The van der Waals surface area contributed by atoms with Crippen LogP contribution in [-0.4, -0.2) is 21.0 Å². The van der Waals surface area contributed by atoms with E-state index in [2.05, 4.69) is 9.97 Å². The number of ether oxygens (including phenoxy) is 1. The quantitative estimate of drug-likeness (QED) is 0.912. The summed E-state index contributed by atoms with van der Waals surface area (Å²) in [5, 5.41) is 9.08. The third-order valence-electron chi connectivity index (χ3n) is 2.63. The maximum Gasteiger partial charge on any atom is 0.342 e. The van der Waals surface area contributed by atoms with Gasteiger partial charge in [-0.25, -0.2) is 9.78 Å². The smallest absolute Gasteiger partial charge is 0.342 e. The van der Waals surface area contributed by atoms with Crippen molar-refractivity contribution in [2.45, 2.75) is 20.3 Å². The zero-order valence-corrected chi connectivity index (χ0v) is 10.8. The van der Waals surface area contributed by atoms with Crippen molar-refractivity contribution >= 4 is 5.97 Å². The van der Waals surface area contributed by atoms with Gasteiger partial charge < -0.3 is 9.84 Å². The van der Waals surface area contributed by atoms with E-state index in [4.69, 9.17) is 9.84 Å². The average molecular weight is 258 g/mol. The van der Waals surface area contributed by atoms with Crippen molar-refractivity contribution in [1.82, 2.24) is 9.97 Å². The van der Waals surface area contributed by atoms with Crippen LogP contribution >= 0.6 is 0 Å². The molecule has 1 N–H and O–H groups in total. The van der Waals surface area contributed by atoms with E-state index in [0.29, 0.717) is 11.6 Å². The molecule has 2 rings (SSSR count). The summed E-state index contributed by atoms with van der Waals surface area (Å²) in [5.74, 6) is -0.0125. The lowest BCUT2D eigenvalue weighted by Crippen LogP contribution is -2.04. The Morgan fingerprint density at radius 2 is 2.21 bits per heavy atom. The van der Waals surface area contributed by atoms with Crippen LogP contribution in [0.4, 0.5) is 0 Å². The second kappa shape index (κ2) is 5.48. The molecule has 0 bridgehead atoms. The van der Waals surface area contributed by atoms with E-state index in [1.54, 1.807) is 13.0 Å². The molecule has 0 aliphatic carbocycles. The predicted molar refractivity (Wildman–Crippen MR) is 69.6 cm³/mol. The largest absolute Gasteiger partial charge is 0.477 e. The molecule has 0 aliphatic rings. The molecule has 0 saturated carbocycles. The number of carbonyl (C=O) groups is 1. The number of carboxylic acids is 1. The lowest BCUT2D eigenvalue weighted by Gasteiger charge is -2.08. The Morgan fingerprint density at radius 3 is 2.89 bits per heavy atom. The molecule has 0 fully saturated rings.